The molecule has 1 heterocycles. The second-order valence-corrected chi connectivity index (χ2v) is 4.45. The Hall–Kier alpha value is -1.16. The van der Waals surface area contributed by atoms with E-state index in [-0.39, 0.29) is 0 Å². The number of hydrogen-bond donors (Lipinski definition) is 1. The maximum atomic E-state index is 4.47. The van der Waals surface area contributed by atoms with Gasteiger partial charge in [-0.2, -0.15) is 0 Å². The number of nitrogens with zero attached hydrogens (tertiary/aromatic N) is 3. The summed E-state index contributed by atoms with van der Waals surface area (Å²) < 4.78 is 0. The Morgan fingerprint density at radius 1 is 1.31 bits per heavy atom. The molecule has 4 nitrogen and oxygen atoms in total. The van der Waals surface area contributed by atoms with E-state index in [1.807, 2.05) is 19.4 Å². The first-order valence-electron chi connectivity index (χ1n) is 5.99. The first-order chi connectivity index (χ1) is 7.81. The minimum absolute atomic E-state index is 0.657. The number of rotatable bonds is 4. The molecule has 0 unspecified atom stereocenters. The molecule has 1 saturated carbocycles. The Bertz CT molecular complexity index is 316. The van der Waals surface area contributed by atoms with Gasteiger partial charge in [-0.05, 0) is 19.9 Å². The summed E-state index contributed by atoms with van der Waals surface area (Å²) in [4.78, 5) is 11.1. The van der Waals surface area contributed by atoms with Crippen LogP contribution in [0.25, 0.3) is 0 Å². The lowest BCUT2D eigenvalue weighted by molar-refractivity contribution is 0.643. The third-order valence-corrected chi connectivity index (χ3v) is 3.28. The van der Waals surface area contributed by atoms with Gasteiger partial charge < -0.3 is 10.2 Å². The van der Waals surface area contributed by atoms with Gasteiger partial charge in [0, 0.05) is 19.6 Å². The van der Waals surface area contributed by atoms with E-state index >= 15 is 0 Å². The lowest BCUT2D eigenvalue weighted by Gasteiger charge is -2.24. The maximum Gasteiger partial charge on any atom is 0.147 e. The Morgan fingerprint density at radius 3 is 2.62 bits per heavy atom. The zero-order chi connectivity index (χ0) is 11.4. The molecule has 1 aromatic heterocycles. The van der Waals surface area contributed by atoms with Crippen molar-refractivity contribution in [1.29, 1.82) is 0 Å². The second kappa shape index (κ2) is 5.25. The first kappa shape index (κ1) is 11.3. The summed E-state index contributed by atoms with van der Waals surface area (Å²) in [7, 11) is 4.04. The molecule has 2 rings (SSSR count). The summed E-state index contributed by atoms with van der Waals surface area (Å²) >= 11 is 0. The van der Waals surface area contributed by atoms with Crippen LogP contribution in [-0.4, -0.2) is 30.1 Å². The third kappa shape index (κ3) is 2.50. The van der Waals surface area contributed by atoms with E-state index in [9.17, 15) is 0 Å². The van der Waals surface area contributed by atoms with Crippen molar-refractivity contribution in [3.63, 3.8) is 0 Å². The summed E-state index contributed by atoms with van der Waals surface area (Å²) in [5.74, 6) is 0.992. The number of hydrogen-bond acceptors (Lipinski definition) is 4. The third-order valence-electron chi connectivity index (χ3n) is 3.28. The molecule has 0 saturated heterocycles. The molecular formula is C12H20N4. The number of anilines is 1. The molecule has 1 fully saturated rings. The van der Waals surface area contributed by atoms with Crippen LogP contribution in [-0.2, 0) is 6.54 Å². The van der Waals surface area contributed by atoms with Crippen molar-refractivity contribution in [2.24, 2.45) is 0 Å². The highest BCUT2D eigenvalue weighted by molar-refractivity contribution is 5.36. The molecule has 0 atom stereocenters. The SMILES string of the molecule is CNCc1cnc(N(C)C2CCCC2)cn1. The molecule has 0 spiro atoms. The Morgan fingerprint density at radius 2 is 2.06 bits per heavy atom. The van der Waals surface area contributed by atoms with Crippen LogP contribution >= 0.6 is 0 Å². The van der Waals surface area contributed by atoms with Crippen LogP contribution in [0.15, 0.2) is 12.4 Å². The van der Waals surface area contributed by atoms with E-state index in [0.717, 1.165) is 18.1 Å². The molecule has 1 N–H and O–H groups in total. The molecule has 0 amide bonds. The van der Waals surface area contributed by atoms with E-state index in [4.69, 9.17) is 0 Å². The fraction of sp³-hybridized carbons (Fsp3) is 0.667. The lowest BCUT2D eigenvalue weighted by Crippen LogP contribution is -2.29. The van der Waals surface area contributed by atoms with Gasteiger partial charge in [0.15, 0.2) is 0 Å². The smallest absolute Gasteiger partial charge is 0.147 e. The minimum atomic E-state index is 0.657. The van der Waals surface area contributed by atoms with Gasteiger partial charge in [-0.25, -0.2) is 4.98 Å². The topological polar surface area (TPSA) is 41.1 Å². The van der Waals surface area contributed by atoms with Crippen LogP contribution in [0.2, 0.25) is 0 Å². The van der Waals surface area contributed by atoms with E-state index in [0.29, 0.717) is 6.04 Å². The van der Waals surface area contributed by atoms with Crippen molar-refractivity contribution in [1.82, 2.24) is 15.3 Å². The van der Waals surface area contributed by atoms with Crippen LogP contribution < -0.4 is 10.2 Å². The van der Waals surface area contributed by atoms with Crippen molar-refractivity contribution < 1.29 is 0 Å². The largest absolute Gasteiger partial charge is 0.355 e. The molecule has 0 aliphatic heterocycles. The standard InChI is InChI=1S/C12H20N4/c1-13-7-10-8-15-12(9-14-10)16(2)11-5-3-4-6-11/h8-9,11,13H,3-7H2,1-2H3. The molecule has 0 bridgehead atoms. The Balaban J connectivity index is 2.02. The van der Waals surface area contributed by atoms with Gasteiger partial charge in [0.05, 0.1) is 18.1 Å². The summed E-state index contributed by atoms with van der Waals surface area (Å²) in [6.45, 7) is 0.778. The summed E-state index contributed by atoms with van der Waals surface area (Å²) in [6.07, 6.45) is 9.01. The molecule has 4 heteroatoms. The molecule has 88 valence electrons. The second-order valence-electron chi connectivity index (χ2n) is 4.45. The molecule has 0 radical (unpaired) electrons. The van der Waals surface area contributed by atoms with Gasteiger partial charge in [0.2, 0.25) is 0 Å². The van der Waals surface area contributed by atoms with E-state index in [1.165, 1.54) is 25.7 Å². The quantitative estimate of drug-likeness (QED) is 0.836. The molecule has 1 aromatic rings. The zero-order valence-corrected chi connectivity index (χ0v) is 10.1. The molecule has 0 aromatic carbocycles. The van der Waals surface area contributed by atoms with Crippen LogP contribution in [0.4, 0.5) is 5.82 Å². The van der Waals surface area contributed by atoms with Gasteiger partial charge in [-0.3, -0.25) is 4.98 Å². The molecular weight excluding hydrogens is 200 g/mol. The summed E-state index contributed by atoms with van der Waals surface area (Å²) in [5.41, 5.74) is 0.992. The van der Waals surface area contributed by atoms with Gasteiger partial charge in [0.25, 0.3) is 0 Å². The highest BCUT2D eigenvalue weighted by Gasteiger charge is 2.20. The van der Waals surface area contributed by atoms with Gasteiger partial charge >= 0.3 is 0 Å². The fourth-order valence-corrected chi connectivity index (χ4v) is 2.28. The highest BCUT2D eigenvalue weighted by Crippen LogP contribution is 2.25. The van der Waals surface area contributed by atoms with E-state index < -0.39 is 0 Å². The normalized spacial score (nSPS) is 16.6. The van der Waals surface area contributed by atoms with Crippen LogP contribution in [0.3, 0.4) is 0 Å². The fourth-order valence-electron chi connectivity index (χ4n) is 2.28. The van der Waals surface area contributed by atoms with Gasteiger partial charge in [0.1, 0.15) is 5.82 Å². The summed E-state index contributed by atoms with van der Waals surface area (Å²) in [6, 6.07) is 0.657. The van der Waals surface area contributed by atoms with Crippen LogP contribution in [0, 0.1) is 0 Å². The Kier molecular flexibility index (Phi) is 3.72. The van der Waals surface area contributed by atoms with Gasteiger partial charge in [-0.15, -0.1) is 0 Å². The van der Waals surface area contributed by atoms with Crippen molar-refractivity contribution >= 4 is 5.82 Å². The van der Waals surface area contributed by atoms with Crippen molar-refractivity contribution in [2.45, 2.75) is 38.3 Å². The highest BCUT2D eigenvalue weighted by atomic mass is 15.2. The van der Waals surface area contributed by atoms with Gasteiger partial charge in [-0.1, -0.05) is 12.8 Å². The number of nitrogens with one attached hydrogen (secondary N) is 1. The Labute approximate surface area is 97.1 Å². The minimum Gasteiger partial charge on any atom is -0.355 e. The molecule has 16 heavy (non-hydrogen) atoms. The van der Waals surface area contributed by atoms with Crippen molar-refractivity contribution in [3.05, 3.63) is 18.1 Å². The first-order valence-corrected chi connectivity index (χ1v) is 5.99. The molecule has 1 aliphatic rings. The van der Waals surface area contributed by atoms with E-state index in [1.54, 1.807) is 0 Å². The predicted octanol–water partition coefficient (Wildman–Crippen LogP) is 1.57. The van der Waals surface area contributed by atoms with E-state index in [2.05, 4.69) is 27.2 Å². The van der Waals surface area contributed by atoms with Crippen molar-refractivity contribution in [3.8, 4) is 0 Å². The lowest BCUT2D eigenvalue weighted by atomic mass is 10.2. The average molecular weight is 220 g/mol. The maximum absolute atomic E-state index is 4.47. The monoisotopic (exact) mass is 220 g/mol. The van der Waals surface area contributed by atoms with Crippen LogP contribution in [0.5, 0.6) is 0 Å². The predicted molar refractivity (Wildman–Crippen MR) is 65.5 cm³/mol. The number of aromatic nitrogens is 2. The summed E-state index contributed by atoms with van der Waals surface area (Å²) in [5, 5.41) is 3.07. The van der Waals surface area contributed by atoms with Crippen molar-refractivity contribution in [2.75, 3.05) is 19.0 Å². The average Bonchev–Trinajstić information content (AvgIpc) is 2.83. The zero-order valence-electron chi connectivity index (χ0n) is 10.1. The molecule has 1 aliphatic carbocycles. The van der Waals surface area contributed by atoms with Crippen LogP contribution in [0.1, 0.15) is 31.4 Å².